The molecule has 0 aliphatic rings. The lowest BCUT2D eigenvalue weighted by atomic mass is 10.1. The van der Waals surface area contributed by atoms with Crippen molar-refractivity contribution in [2.24, 2.45) is 5.73 Å². The summed E-state index contributed by atoms with van der Waals surface area (Å²) in [6.45, 7) is 0. The minimum Gasteiger partial charge on any atom is -0.480 e. The highest BCUT2D eigenvalue weighted by Gasteiger charge is 2.18. The molecule has 0 aromatic heterocycles. The van der Waals surface area contributed by atoms with E-state index < -0.39 is 24.3 Å². The standard InChI is InChI=1S/C13H15NO8/c1-19-12(17)21-9-4-3-7(5-8(14)11(15)16)6-10(9)22-13(18)20-2/h3-4,6,8H,5,14H2,1-2H3,(H,15,16)/t8-/m0/s1. The van der Waals surface area contributed by atoms with Crippen LogP contribution in [0.5, 0.6) is 11.5 Å². The van der Waals surface area contributed by atoms with E-state index in [0.29, 0.717) is 5.56 Å². The van der Waals surface area contributed by atoms with E-state index in [-0.39, 0.29) is 17.9 Å². The zero-order valence-corrected chi connectivity index (χ0v) is 11.9. The fourth-order valence-electron chi connectivity index (χ4n) is 1.45. The molecule has 1 atom stereocenters. The van der Waals surface area contributed by atoms with Crippen molar-refractivity contribution >= 4 is 18.3 Å². The van der Waals surface area contributed by atoms with Crippen LogP contribution in [0.3, 0.4) is 0 Å². The molecule has 0 heterocycles. The van der Waals surface area contributed by atoms with Crippen molar-refractivity contribution in [3.05, 3.63) is 23.8 Å². The zero-order chi connectivity index (χ0) is 16.7. The van der Waals surface area contributed by atoms with Gasteiger partial charge in [-0.2, -0.15) is 0 Å². The first-order valence-corrected chi connectivity index (χ1v) is 6.00. The van der Waals surface area contributed by atoms with E-state index in [0.717, 1.165) is 14.2 Å². The molecule has 0 saturated heterocycles. The second-order valence-corrected chi connectivity index (χ2v) is 4.04. The van der Waals surface area contributed by atoms with Gasteiger partial charge in [0.05, 0.1) is 14.2 Å². The Morgan fingerprint density at radius 2 is 1.64 bits per heavy atom. The molecule has 0 bridgehead atoms. The topological polar surface area (TPSA) is 134 Å². The molecule has 0 amide bonds. The maximum atomic E-state index is 11.2. The lowest BCUT2D eigenvalue weighted by Gasteiger charge is -2.12. The summed E-state index contributed by atoms with van der Waals surface area (Å²) in [6, 6.07) is 2.99. The molecule has 3 N–H and O–H groups in total. The third-order valence-electron chi connectivity index (χ3n) is 2.50. The van der Waals surface area contributed by atoms with Crippen LogP contribution in [0.15, 0.2) is 18.2 Å². The van der Waals surface area contributed by atoms with Crippen LogP contribution in [0.2, 0.25) is 0 Å². The monoisotopic (exact) mass is 313 g/mol. The molecule has 9 heteroatoms. The van der Waals surface area contributed by atoms with Crippen LogP contribution in [-0.4, -0.2) is 43.6 Å². The number of carbonyl (C=O) groups is 3. The van der Waals surface area contributed by atoms with E-state index in [9.17, 15) is 14.4 Å². The van der Waals surface area contributed by atoms with Gasteiger partial charge in [0.15, 0.2) is 11.5 Å². The fraction of sp³-hybridized carbons (Fsp3) is 0.308. The molecule has 0 spiro atoms. The van der Waals surface area contributed by atoms with E-state index in [1.54, 1.807) is 0 Å². The summed E-state index contributed by atoms with van der Waals surface area (Å²) >= 11 is 0. The van der Waals surface area contributed by atoms with Crippen LogP contribution in [-0.2, 0) is 20.7 Å². The Labute approximate surface area is 125 Å². The average molecular weight is 313 g/mol. The Hall–Kier alpha value is -2.81. The fourth-order valence-corrected chi connectivity index (χ4v) is 1.45. The summed E-state index contributed by atoms with van der Waals surface area (Å²) < 4.78 is 18.3. The Balaban J connectivity index is 3.04. The van der Waals surface area contributed by atoms with Gasteiger partial charge in [-0.05, 0) is 24.1 Å². The third-order valence-corrected chi connectivity index (χ3v) is 2.50. The summed E-state index contributed by atoms with van der Waals surface area (Å²) in [5.74, 6) is -1.40. The number of hydrogen-bond donors (Lipinski definition) is 2. The number of rotatable bonds is 5. The third kappa shape index (κ3) is 4.94. The quantitative estimate of drug-likeness (QED) is 0.601. The first kappa shape index (κ1) is 17.2. The second kappa shape index (κ2) is 7.84. The van der Waals surface area contributed by atoms with Crippen molar-refractivity contribution in [2.45, 2.75) is 12.5 Å². The molecule has 0 saturated carbocycles. The van der Waals surface area contributed by atoms with E-state index >= 15 is 0 Å². The number of aliphatic carboxylic acids is 1. The number of carboxylic acid groups (broad SMARTS) is 1. The first-order chi connectivity index (χ1) is 10.4. The average Bonchev–Trinajstić information content (AvgIpc) is 2.49. The molecule has 0 fully saturated rings. The van der Waals surface area contributed by atoms with Crippen molar-refractivity contribution in [1.29, 1.82) is 0 Å². The van der Waals surface area contributed by atoms with Gasteiger partial charge in [-0.25, -0.2) is 9.59 Å². The highest BCUT2D eigenvalue weighted by molar-refractivity contribution is 5.74. The van der Waals surface area contributed by atoms with Gasteiger partial charge < -0.3 is 29.8 Å². The van der Waals surface area contributed by atoms with E-state index in [2.05, 4.69) is 9.47 Å². The van der Waals surface area contributed by atoms with E-state index in [1.165, 1.54) is 18.2 Å². The molecule has 0 unspecified atom stereocenters. The Morgan fingerprint density at radius 3 is 2.14 bits per heavy atom. The highest BCUT2D eigenvalue weighted by Crippen LogP contribution is 2.29. The maximum Gasteiger partial charge on any atom is 0.513 e. The Bertz CT molecular complexity index is 571. The molecule has 1 aromatic rings. The molecular formula is C13H15NO8. The molecule has 120 valence electrons. The van der Waals surface area contributed by atoms with Gasteiger partial charge in [-0.1, -0.05) is 6.07 Å². The largest absolute Gasteiger partial charge is 0.513 e. The Kier molecular flexibility index (Phi) is 6.14. The van der Waals surface area contributed by atoms with Gasteiger partial charge in [0.25, 0.3) is 0 Å². The summed E-state index contributed by atoms with van der Waals surface area (Å²) in [7, 11) is 2.22. The predicted molar refractivity (Wildman–Crippen MR) is 71.8 cm³/mol. The van der Waals surface area contributed by atoms with Crippen molar-refractivity contribution in [3.63, 3.8) is 0 Å². The SMILES string of the molecule is COC(=O)Oc1ccc(C[C@H](N)C(=O)O)cc1OC(=O)OC. The number of benzene rings is 1. The zero-order valence-electron chi connectivity index (χ0n) is 11.9. The minimum absolute atomic E-state index is 0.00856. The van der Waals surface area contributed by atoms with Crippen LogP contribution in [0.25, 0.3) is 0 Å². The maximum absolute atomic E-state index is 11.2. The second-order valence-electron chi connectivity index (χ2n) is 4.04. The number of hydrogen-bond acceptors (Lipinski definition) is 8. The summed E-state index contributed by atoms with van der Waals surface area (Å²) in [6.07, 6.45) is -2.05. The number of nitrogens with two attached hydrogens (primary N) is 1. The molecule has 1 aromatic carbocycles. The number of methoxy groups -OCH3 is 2. The molecule has 1 rings (SSSR count). The van der Waals surface area contributed by atoms with E-state index in [4.69, 9.17) is 20.3 Å². The lowest BCUT2D eigenvalue weighted by molar-refractivity contribution is -0.138. The predicted octanol–water partition coefficient (Wildman–Crippen LogP) is 0.931. The smallest absolute Gasteiger partial charge is 0.480 e. The summed E-state index contributed by atoms with van der Waals surface area (Å²) in [4.78, 5) is 33.1. The minimum atomic E-state index is -1.18. The van der Waals surface area contributed by atoms with Crippen molar-refractivity contribution in [2.75, 3.05) is 14.2 Å². The first-order valence-electron chi connectivity index (χ1n) is 6.00. The lowest BCUT2D eigenvalue weighted by Crippen LogP contribution is -2.32. The number of carbonyl (C=O) groups excluding carboxylic acids is 2. The molecule has 22 heavy (non-hydrogen) atoms. The number of carboxylic acids is 1. The van der Waals surface area contributed by atoms with Crippen LogP contribution in [0.4, 0.5) is 9.59 Å². The van der Waals surface area contributed by atoms with Gasteiger partial charge in [0.2, 0.25) is 0 Å². The summed E-state index contributed by atoms with van der Waals surface area (Å²) in [5.41, 5.74) is 5.89. The van der Waals surface area contributed by atoms with Gasteiger partial charge in [0.1, 0.15) is 6.04 Å². The van der Waals surface area contributed by atoms with Crippen LogP contribution < -0.4 is 15.2 Å². The van der Waals surface area contributed by atoms with Gasteiger partial charge in [-0.3, -0.25) is 4.79 Å². The van der Waals surface area contributed by atoms with Crippen LogP contribution in [0.1, 0.15) is 5.56 Å². The molecule has 0 aliphatic heterocycles. The van der Waals surface area contributed by atoms with Gasteiger partial charge >= 0.3 is 18.3 Å². The van der Waals surface area contributed by atoms with Crippen LogP contribution >= 0.6 is 0 Å². The van der Waals surface area contributed by atoms with Crippen molar-refractivity contribution in [3.8, 4) is 11.5 Å². The van der Waals surface area contributed by atoms with Crippen molar-refractivity contribution < 1.29 is 38.4 Å². The highest BCUT2D eigenvalue weighted by atomic mass is 16.7. The number of ether oxygens (including phenoxy) is 4. The van der Waals surface area contributed by atoms with Gasteiger partial charge in [-0.15, -0.1) is 0 Å². The molecular weight excluding hydrogens is 298 g/mol. The molecule has 0 aliphatic carbocycles. The Morgan fingerprint density at radius 1 is 1.09 bits per heavy atom. The van der Waals surface area contributed by atoms with Gasteiger partial charge in [0, 0.05) is 0 Å². The molecule has 9 nitrogen and oxygen atoms in total. The normalized spacial score (nSPS) is 11.2. The summed E-state index contributed by atoms with van der Waals surface area (Å²) in [5, 5.41) is 8.79. The van der Waals surface area contributed by atoms with E-state index in [1.807, 2.05) is 0 Å². The molecule has 0 radical (unpaired) electrons. The van der Waals surface area contributed by atoms with Crippen LogP contribution in [0, 0.1) is 0 Å². The van der Waals surface area contributed by atoms with Crippen molar-refractivity contribution in [1.82, 2.24) is 0 Å².